The molecule has 0 spiro atoms. The summed E-state index contributed by atoms with van der Waals surface area (Å²) < 4.78 is 0. The minimum atomic E-state index is -0.549. The molecule has 0 saturated carbocycles. The maximum atomic E-state index is 12.9. The van der Waals surface area contributed by atoms with E-state index in [9.17, 15) is 14.4 Å². The topological polar surface area (TPSA) is 81.8 Å². The molecule has 0 aliphatic carbocycles. The van der Waals surface area contributed by atoms with Gasteiger partial charge in [-0.1, -0.05) is 18.6 Å². The number of nitrogens with one attached hydrogen (secondary N) is 2. The lowest BCUT2D eigenvalue weighted by Crippen LogP contribution is -2.52. The standard InChI is InChI=1S/C25H34N4O3/c30-23-11-10-22(24(31)27-23)29-16-18-14-17(6-9-21(18)25(29)32)15-28-13-2-1-5-20(28)8-7-19-4-3-12-26-19/h6,9,14,19-20,22,26H,1-5,7-8,10-13,15-16H2,(H,27,30,31)/t19-,20?,22?/m1/s1. The molecule has 1 aromatic rings. The second-order valence-corrected chi connectivity index (χ2v) is 9.88. The van der Waals surface area contributed by atoms with E-state index in [2.05, 4.69) is 27.7 Å². The highest BCUT2D eigenvalue weighted by Crippen LogP contribution is 2.30. The Hall–Kier alpha value is -2.25. The zero-order valence-electron chi connectivity index (χ0n) is 18.8. The third-order valence-corrected chi connectivity index (χ3v) is 7.73. The summed E-state index contributed by atoms with van der Waals surface area (Å²) in [5.74, 6) is -0.700. The zero-order valence-corrected chi connectivity index (χ0v) is 18.8. The van der Waals surface area contributed by atoms with Crippen LogP contribution in [0.3, 0.4) is 0 Å². The van der Waals surface area contributed by atoms with E-state index in [1.54, 1.807) is 4.90 Å². The summed E-state index contributed by atoms with van der Waals surface area (Å²) in [7, 11) is 0. The van der Waals surface area contributed by atoms with E-state index < -0.39 is 6.04 Å². The van der Waals surface area contributed by atoms with Gasteiger partial charge in [0, 0.05) is 37.2 Å². The van der Waals surface area contributed by atoms with Crippen LogP contribution in [0.25, 0.3) is 0 Å². The Bertz CT molecular complexity index is 895. The van der Waals surface area contributed by atoms with Gasteiger partial charge in [0.15, 0.2) is 0 Å². The van der Waals surface area contributed by atoms with Crippen molar-refractivity contribution in [3.63, 3.8) is 0 Å². The third kappa shape index (κ3) is 4.46. The van der Waals surface area contributed by atoms with E-state index in [-0.39, 0.29) is 24.1 Å². The normalized spacial score (nSPS) is 28.8. The number of amides is 3. The minimum Gasteiger partial charge on any atom is -0.322 e. The van der Waals surface area contributed by atoms with Gasteiger partial charge in [-0.2, -0.15) is 0 Å². The molecule has 7 nitrogen and oxygen atoms in total. The average molecular weight is 439 g/mol. The maximum Gasteiger partial charge on any atom is 0.255 e. The number of imide groups is 1. The van der Waals surface area contributed by atoms with Crippen LogP contribution < -0.4 is 10.6 Å². The molecule has 32 heavy (non-hydrogen) atoms. The first-order valence-electron chi connectivity index (χ1n) is 12.3. The van der Waals surface area contributed by atoms with Gasteiger partial charge in [-0.15, -0.1) is 0 Å². The summed E-state index contributed by atoms with van der Waals surface area (Å²) in [6.45, 7) is 3.68. The molecular weight excluding hydrogens is 404 g/mol. The van der Waals surface area contributed by atoms with Gasteiger partial charge in [0.1, 0.15) is 6.04 Å². The molecule has 3 atom stereocenters. The van der Waals surface area contributed by atoms with Crippen LogP contribution in [0.1, 0.15) is 79.3 Å². The Labute approximate surface area is 189 Å². The number of carbonyl (C=O) groups is 3. The molecule has 0 bridgehead atoms. The summed E-state index contributed by atoms with van der Waals surface area (Å²) >= 11 is 0. The molecule has 4 heterocycles. The molecule has 2 N–H and O–H groups in total. The molecule has 0 aromatic heterocycles. The van der Waals surface area contributed by atoms with Gasteiger partial charge in [0.05, 0.1) is 0 Å². The van der Waals surface area contributed by atoms with Crippen molar-refractivity contribution >= 4 is 17.7 Å². The molecule has 4 aliphatic heterocycles. The van der Waals surface area contributed by atoms with Crippen LogP contribution in [0, 0.1) is 0 Å². The number of likely N-dealkylation sites (tertiary alicyclic amines) is 1. The summed E-state index contributed by atoms with van der Waals surface area (Å²) in [6.07, 6.45) is 9.68. The number of fused-ring (bicyclic) bond motifs is 1. The van der Waals surface area contributed by atoms with Crippen molar-refractivity contribution in [1.29, 1.82) is 0 Å². The molecule has 0 radical (unpaired) electrons. The molecule has 5 rings (SSSR count). The SMILES string of the molecule is O=C1CCC(N2Cc3cc(CN4CCCCC4CC[C@H]4CCCN4)ccc3C2=O)C(=O)N1. The fraction of sp³-hybridized carbons (Fsp3) is 0.640. The highest BCUT2D eigenvalue weighted by atomic mass is 16.2. The first-order valence-corrected chi connectivity index (χ1v) is 12.3. The maximum absolute atomic E-state index is 12.9. The van der Waals surface area contributed by atoms with Crippen molar-refractivity contribution < 1.29 is 14.4 Å². The van der Waals surface area contributed by atoms with Gasteiger partial charge < -0.3 is 10.2 Å². The second kappa shape index (κ2) is 9.32. The van der Waals surface area contributed by atoms with Gasteiger partial charge in [-0.3, -0.25) is 24.6 Å². The molecule has 172 valence electrons. The zero-order chi connectivity index (χ0) is 22.1. The van der Waals surface area contributed by atoms with E-state index in [1.165, 1.54) is 57.1 Å². The number of benzene rings is 1. The lowest BCUT2D eigenvalue weighted by atomic mass is 9.94. The van der Waals surface area contributed by atoms with Crippen LogP contribution in [-0.2, 0) is 22.7 Å². The summed E-state index contributed by atoms with van der Waals surface area (Å²) in [6, 6.07) is 6.95. The monoisotopic (exact) mass is 438 g/mol. The Morgan fingerprint density at radius 1 is 1.00 bits per heavy atom. The number of hydrogen-bond donors (Lipinski definition) is 2. The average Bonchev–Trinajstić information content (AvgIpc) is 3.41. The van der Waals surface area contributed by atoms with E-state index >= 15 is 0 Å². The number of piperidine rings is 2. The van der Waals surface area contributed by atoms with Crippen molar-refractivity contribution in [2.75, 3.05) is 13.1 Å². The predicted molar refractivity (Wildman–Crippen MR) is 121 cm³/mol. The molecule has 7 heteroatoms. The van der Waals surface area contributed by atoms with E-state index in [1.807, 2.05) is 6.07 Å². The molecule has 3 saturated heterocycles. The number of nitrogens with zero attached hydrogens (tertiary/aromatic N) is 2. The van der Waals surface area contributed by atoms with Crippen LogP contribution in [-0.4, -0.2) is 58.7 Å². The second-order valence-electron chi connectivity index (χ2n) is 9.88. The van der Waals surface area contributed by atoms with Crippen molar-refractivity contribution in [2.24, 2.45) is 0 Å². The van der Waals surface area contributed by atoms with Gasteiger partial charge in [0.25, 0.3) is 5.91 Å². The highest BCUT2D eigenvalue weighted by molar-refractivity contribution is 6.05. The van der Waals surface area contributed by atoms with Gasteiger partial charge in [-0.05, 0) is 75.2 Å². The van der Waals surface area contributed by atoms with Gasteiger partial charge in [0.2, 0.25) is 11.8 Å². The first-order chi connectivity index (χ1) is 15.6. The molecular formula is C25H34N4O3. The summed E-state index contributed by atoms with van der Waals surface area (Å²) in [5.41, 5.74) is 2.94. The fourth-order valence-electron chi connectivity index (χ4n) is 5.95. The van der Waals surface area contributed by atoms with Crippen LogP contribution >= 0.6 is 0 Å². The number of carbonyl (C=O) groups excluding carboxylic acids is 3. The minimum absolute atomic E-state index is 0.0963. The number of hydrogen-bond acceptors (Lipinski definition) is 5. The van der Waals surface area contributed by atoms with Crippen molar-refractivity contribution in [1.82, 2.24) is 20.4 Å². The first kappa shape index (κ1) is 21.6. The third-order valence-electron chi connectivity index (χ3n) is 7.73. The van der Waals surface area contributed by atoms with Crippen molar-refractivity contribution in [3.8, 4) is 0 Å². The van der Waals surface area contributed by atoms with Gasteiger partial charge >= 0.3 is 0 Å². The molecule has 2 unspecified atom stereocenters. The number of rotatable bonds is 6. The van der Waals surface area contributed by atoms with Crippen LogP contribution in [0.4, 0.5) is 0 Å². The summed E-state index contributed by atoms with van der Waals surface area (Å²) in [4.78, 5) is 40.9. The Kier molecular flexibility index (Phi) is 6.28. The Morgan fingerprint density at radius 3 is 2.72 bits per heavy atom. The largest absolute Gasteiger partial charge is 0.322 e. The smallest absolute Gasteiger partial charge is 0.255 e. The van der Waals surface area contributed by atoms with Gasteiger partial charge in [-0.25, -0.2) is 0 Å². The Balaban J connectivity index is 1.24. The lowest BCUT2D eigenvalue weighted by molar-refractivity contribution is -0.136. The molecule has 3 fully saturated rings. The van der Waals surface area contributed by atoms with Crippen LogP contribution in [0.15, 0.2) is 18.2 Å². The van der Waals surface area contributed by atoms with Crippen LogP contribution in [0.2, 0.25) is 0 Å². The predicted octanol–water partition coefficient (Wildman–Crippen LogP) is 2.33. The van der Waals surface area contributed by atoms with Crippen molar-refractivity contribution in [3.05, 3.63) is 34.9 Å². The van der Waals surface area contributed by atoms with E-state index in [0.717, 1.165) is 18.7 Å². The lowest BCUT2D eigenvalue weighted by Gasteiger charge is -2.36. The van der Waals surface area contributed by atoms with E-state index in [0.29, 0.717) is 30.6 Å². The fourth-order valence-corrected chi connectivity index (χ4v) is 5.95. The summed E-state index contributed by atoms with van der Waals surface area (Å²) in [5, 5.41) is 6.00. The van der Waals surface area contributed by atoms with Crippen molar-refractivity contribution in [2.45, 2.75) is 89.0 Å². The molecule has 3 amide bonds. The van der Waals surface area contributed by atoms with E-state index in [4.69, 9.17) is 0 Å². The molecule has 1 aromatic carbocycles. The highest BCUT2D eigenvalue weighted by Gasteiger charge is 2.39. The van der Waals surface area contributed by atoms with Crippen LogP contribution in [0.5, 0.6) is 0 Å². The molecule has 4 aliphatic rings. The quantitative estimate of drug-likeness (QED) is 0.667. The Morgan fingerprint density at radius 2 is 1.91 bits per heavy atom.